The monoisotopic (exact) mass is 378 g/mol. The summed E-state index contributed by atoms with van der Waals surface area (Å²) in [6.07, 6.45) is 1.58. The molecule has 7 heteroatoms. The number of rotatable bonds is 7. The number of thiophene rings is 1. The molecule has 0 spiro atoms. The van der Waals surface area contributed by atoms with Crippen molar-refractivity contribution >= 4 is 40.6 Å². The van der Waals surface area contributed by atoms with Crippen LogP contribution in [0.25, 0.3) is 10.8 Å². The Morgan fingerprint density at radius 1 is 1.29 bits per heavy atom. The first-order chi connectivity index (χ1) is 11.7. The van der Waals surface area contributed by atoms with Crippen molar-refractivity contribution in [2.45, 2.75) is 12.3 Å². The molecular formula is C17H15ClN2O2S2. The van der Waals surface area contributed by atoms with E-state index >= 15 is 0 Å². The smallest absolute Gasteiger partial charge is 0.236 e. The van der Waals surface area contributed by atoms with Gasteiger partial charge in [-0.15, -0.1) is 23.1 Å². The van der Waals surface area contributed by atoms with E-state index in [-0.39, 0.29) is 5.91 Å². The summed E-state index contributed by atoms with van der Waals surface area (Å²) in [5, 5.41) is 5.54. The van der Waals surface area contributed by atoms with E-state index in [4.69, 9.17) is 16.0 Å². The zero-order chi connectivity index (χ0) is 16.8. The lowest BCUT2D eigenvalue weighted by molar-refractivity contribution is -0.118. The highest BCUT2D eigenvalue weighted by atomic mass is 35.5. The van der Waals surface area contributed by atoms with Gasteiger partial charge in [-0.2, -0.15) is 0 Å². The van der Waals surface area contributed by atoms with Crippen LogP contribution in [0, 0.1) is 0 Å². The van der Waals surface area contributed by atoms with Crippen molar-refractivity contribution in [3.8, 4) is 10.8 Å². The van der Waals surface area contributed by atoms with Crippen LogP contribution < -0.4 is 5.32 Å². The Bertz CT molecular complexity index is 785. The maximum Gasteiger partial charge on any atom is 0.236 e. The molecule has 2 aromatic heterocycles. The van der Waals surface area contributed by atoms with E-state index < -0.39 is 0 Å². The van der Waals surface area contributed by atoms with E-state index in [1.165, 1.54) is 0 Å². The predicted molar refractivity (Wildman–Crippen MR) is 99.3 cm³/mol. The largest absolute Gasteiger partial charge is 0.443 e. The van der Waals surface area contributed by atoms with Crippen LogP contribution in [0.2, 0.25) is 5.02 Å². The first-order valence-corrected chi connectivity index (χ1v) is 9.69. The predicted octanol–water partition coefficient (Wildman–Crippen LogP) is 4.61. The fourth-order valence-corrected chi connectivity index (χ4v) is 3.58. The SMILES string of the molecule is O=C(CSCc1ccc(Cl)cc1)NCc1coc(-c2cccs2)n1. The number of hydrogen-bond donors (Lipinski definition) is 1. The van der Waals surface area contributed by atoms with Gasteiger partial charge in [0.25, 0.3) is 0 Å². The number of carbonyl (C=O) groups excluding carboxylic acids is 1. The van der Waals surface area contributed by atoms with E-state index in [9.17, 15) is 4.79 Å². The lowest BCUT2D eigenvalue weighted by Gasteiger charge is -2.03. The number of hydrogen-bond acceptors (Lipinski definition) is 5. The van der Waals surface area contributed by atoms with Gasteiger partial charge < -0.3 is 9.73 Å². The normalized spacial score (nSPS) is 10.7. The molecule has 0 fully saturated rings. The minimum absolute atomic E-state index is 0.0189. The Kier molecular flexibility index (Phi) is 5.96. The number of aromatic nitrogens is 1. The van der Waals surface area contributed by atoms with Crippen LogP contribution in [-0.4, -0.2) is 16.6 Å². The first kappa shape index (κ1) is 17.1. The molecule has 0 aliphatic carbocycles. The quantitative estimate of drug-likeness (QED) is 0.652. The summed E-state index contributed by atoms with van der Waals surface area (Å²) in [5.41, 5.74) is 1.86. The third-order valence-electron chi connectivity index (χ3n) is 3.17. The lowest BCUT2D eigenvalue weighted by Crippen LogP contribution is -2.24. The van der Waals surface area contributed by atoms with Gasteiger partial charge in [-0.1, -0.05) is 29.8 Å². The number of benzene rings is 1. The van der Waals surface area contributed by atoms with Gasteiger partial charge in [0.15, 0.2) is 0 Å². The number of halogens is 1. The standard InChI is InChI=1S/C17H15ClN2O2S2/c18-13-5-3-12(4-6-13)10-23-11-16(21)19-8-14-9-22-17(20-14)15-2-1-7-24-15/h1-7,9H,8,10-11H2,(H,19,21). The van der Waals surface area contributed by atoms with Gasteiger partial charge in [-0.3, -0.25) is 4.79 Å². The van der Waals surface area contributed by atoms with E-state index in [0.29, 0.717) is 18.2 Å². The molecule has 0 saturated heterocycles. The molecule has 1 aromatic carbocycles. The number of carbonyl (C=O) groups is 1. The van der Waals surface area contributed by atoms with E-state index in [1.807, 2.05) is 41.8 Å². The number of amides is 1. The third-order valence-corrected chi connectivity index (χ3v) is 5.28. The average Bonchev–Trinajstić information content (AvgIpc) is 3.26. The van der Waals surface area contributed by atoms with Gasteiger partial charge in [0.05, 0.1) is 22.9 Å². The molecule has 3 rings (SSSR count). The highest BCUT2D eigenvalue weighted by Crippen LogP contribution is 2.23. The molecule has 4 nitrogen and oxygen atoms in total. The molecule has 0 atom stereocenters. The summed E-state index contributed by atoms with van der Waals surface area (Å²) in [7, 11) is 0. The van der Waals surface area contributed by atoms with Crippen LogP contribution >= 0.6 is 34.7 Å². The first-order valence-electron chi connectivity index (χ1n) is 7.28. The third kappa shape index (κ3) is 4.87. The molecule has 1 N–H and O–H groups in total. The van der Waals surface area contributed by atoms with Gasteiger partial charge in [0, 0.05) is 10.8 Å². The summed E-state index contributed by atoms with van der Waals surface area (Å²) in [4.78, 5) is 17.2. The van der Waals surface area contributed by atoms with Crippen molar-refractivity contribution in [1.29, 1.82) is 0 Å². The van der Waals surface area contributed by atoms with Gasteiger partial charge in [0.2, 0.25) is 11.8 Å². The molecule has 3 aromatic rings. The molecule has 1 amide bonds. The summed E-state index contributed by atoms with van der Waals surface area (Å²) < 4.78 is 5.42. The summed E-state index contributed by atoms with van der Waals surface area (Å²) in [6.45, 7) is 0.370. The second-order valence-electron chi connectivity index (χ2n) is 5.02. The zero-order valence-electron chi connectivity index (χ0n) is 12.7. The van der Waals surface area contributed by atoms with Crippen LogP contribution in [0.5, 0.6) is 0 Å². The molecule has 0 radical (unpaired) electrons. The van der Waals surface area contributed by atoms with Gasteiger partial charge in [-0.25, -0.2) is 4.98 Å². The van der Waals surface area contributed by atoms with Crippen LogP contribution in [0.4, 0.5) is 0 Å². The Balaban J connectivity index is 1.40. The minimum atomic E-state index is -0.0189. The lowest BCUT2D eigenvalue weighted by atomic mass is 10.2. The van der Waals surface area contributed by atoms with Crippen LogP contribution in [0.1, 0.15) is 11.3 Å². The number of nitrogens with one attached hydrogen (secondary N) is 1. The second-order valence-corrected chi connectivity index (χ2v) is 7.39. The van der Waals surface area contributed by atoms with Crippen LogP contribution in [0.3, 0.4) is 0 Å². The maximum absolute atomic E-state index is 11.9. The van der Waals surface area contributed by atoms with Crippen LogP contribution in [-0.2, 0) is 17.1 Å². The summed E-state index contributed by atoms with van der Waals surface area (Å²) >= 11 is 8.98. The molecule has 0 bridgehead atoms. The summed E-state index contributed by atoms with van der Waals surface area (Å²) in [5.74, 6) is 1.75. The fraction of sp³-hybridized carbons (Fsp3) is 0.176. The maximum atomic E-state index is 11.9. The van der Waals surface area contributed by atoms with E-state index in [2.05, 4.69) is 10.3 Å². The molecule has 0 aliphatic heterocycles. The van der Waals surface area contributed by atoms with Crippen molar-refractivity contribution in [3.63, 3.8) is 0 Å². The molecule has 124 valence electrons. The van der Waals surface area contributed by atoms with E-state index in [0.717, 1.165) is 26.9 Å². The zero-order valence-corrected chi connectivity index (χ0v) is 15.1. The Hall–Kier alpha value is -1.76. The van der Waals surface area contributed by atoms with Crippen LogP contribution in [0.15, 0.2) is 52.5 Å². The minimum Gasteiger partial charge on any atom is -0.443 e. The molecule has 0 aliphatic rings. The molecule has 2 heterocycles. The average molecular weight is 379 g/mol. The second kappa shape index (κ2) is 8.37. The summed E-state index contributed by atoms with van der Waals surface area (Å²) in [6, 6.07) is 11.5. The number of thioether (sulfide) groups is 1. The van der Waals surface area contributed by atoms with Gasteiger partial charge in [-0.05, 0) is 29.1 Å². The fourth-order valence-electron chi connectivity index (χ4n) is 1.98. The topological polar surface area (TPSA) is 55.1 Å². The number of oxazole rings is 1. The van der Waals surface area contributed by atoms with Crippen molar-refractivity contribution < 1.29 is 9.21 Å². The Morgan fingerprint density at radius 3 is 2.88 bits per heavy atom. The molecule has 0 unspecified atom stereocenters. The van der Waals surface area contributed by atoms with Crippen molar-refractivity contribution in [1.82, 2.24) is 10.3 Å². The van der Waals surface area contributed by atoms with Gasteiger partial charge in [0.1, 0.15) is 6.26 Å². The Labute approximate surface area is 153 Å². The molecular weight excluding hydrogens is 364 g/mol. The number of nitrogens with zero attached hydrogens (tertiary/aromatic N) is 1. The highest BCUT2D eigenvalue weighted by Gasteiger charge is 2.09. The Morgan fingerprint density at radius 2 is 2.12 bits per heavy atom. The molecule has 24 heavy (non-hydrogen) atoms. The van der Waals surface area contributed by atoms with Crippen molar-refractivity contribution in [2.75, 3.05) is 5.75 Å². The van der Waals surface area contributed by atoms with Gasteiger partial charge >= 0.3 is 0 Å². The van der Waals surface area contributed by atoms with E-state index in [1.54, 1.807) is 29.4 Å². The van der Waals surface area contributed by atoms with Crippen molar-refractivity contribution in [2.24, 2.45) is 0 Å². The van der Waals surface area contributed by atoms with Crippen molar-refractivity contribution in [3.05, 3.63) is 64.3 Å². The highest BCUT2D eigenvalue weighted by molar-refractivity contribution is 7.99. The molecule has 0 saturated carbocycles.